The summed E-state index contributed by atoms with van der Waals surface area (Å²) in [7, 11) is 1.82. The smallest absolute Gasteiger partial charge is 0.259 e. The molecule has 0 aliphatic carbocycles. The van der Waals surface area contributed by atoms with Crippen molar-refractivity contribution in [1.82, 2.24) is 4.57 Å². The van der Waals surface area contributed by atoms with Gasteiger partial charge >= 0.3 is 0 Å². The van der Waals surface area contributed by atoms with Crippen LogP contribution in [0.2, 0.25) is 0 Å². The molecule has 2 N–H and O–H groups in total. The quantitative estimate of drug-likeness (QED) is 0.522. The predicted octanol–water partition coefficient (Wildman–Crippen LogP) is 0.417. The molecule has 0 atom stereocenters. The second-order valence-corrected chi connectivity index (χ2v) is 2.58. The molecule has 0 bridgehead atoms. The summed E-state index contributed by atoms with van der Waals surface area (Å²) in [5.41, 5.74) is 5.71. The van der Waals surface area contributed by atoms with Crippen LogP contribution in [0.4, 0.5) is 0 Å². The van der Waals surface area contributed by atoms with E-state index < -0.39 is 5.91 Å². The molecule has 0 aliphatic heterocycles. The van der Waals surface area contributed by atoms with Gasteiger partial charge < -0.3 is 10.3 Å². The first-order chi connectivity index (χ1) is 6.15. The lowest BCUT2D eigenvalue weighted by Gasteiger charge is -1.96. The minimum atomic E-state index is -0.705. The van der Waals surface area contributed by atoms with E-state index in [0.717, 1.165) is 5.69 Å². The van der Waals surface area contributed by atoms with E-state index in [1.54, 1.807) is 16.7 Å². The van der Waals surface area contributed by atoms with Crippen molar-refractivity contribution in [3.63, 3.8) is 0 Å². The standard InChI is InChI=1S/C9H9N3O/c1-12-4-2-3-8(12)5-7(6-10)9(11)13/h2-5H,1H3,(H2,11,13)/b7-5-. The first-order valence-electron chi connectivity index (χ1n) is 3.68. The van der Waals surface area contributed by atoms with Gasteiger partial charge in [0.05, 0.1) is 0 Å². The maximum absolute atomic E-state index is 10.7. The molecule has 4 heteroatoms. The van der Waals surface area contributed by atoms with E-state index in [1.165, 1.54) is 6.08 Å². The topological polar surface area (TPSA) is 71.8 Å². The average Bonchev–Trinajstić information content (AvgIpc) is 2.46. The molecule has 0 radical (unpaired) electrons. The molecule has 1 rings (SSSR count). The number of hydrogen-bond acceptors (Lipinski definition) is 2. The van der Waals surface area contributed by atoms with E-state index in [9.17, 15) is 4.79 Å². The molecular weight excluding hydrogens is 166 g/mol. The summed E-state index contributed by atoms with van der Waals surface area (Å²) in [6.07, 6.45) is 3.28. The van der Waals surface area contributed by atoms with Gasteiger partial charge in [0, 0.05) is 18.9 Å². The first kappa shape index (κ1) is 9.07. The van der Waals surface area contributed by atoms with Gasteiger partial charge in [-0.1, -0.05) is 0 Å². The SMILES string of the molecule is Cn1cccc1/C=C(/C#N)C(N)=O. The second-order valence-electron chi connectivity index (χ2n) is 2.58. The highest BCUT2D eigenvalue weighted by atomic mass is 16.1. The largest absolute Gasteiger partial charge is 0.365 e. The van der Waals surface area contributed by atoms with Crippen molar-refractivity contribution in [2.75, 3.05) is 0 Å². The third kappa shape index (κ3) is 1.97. The zero-order chi connectivity index (χ0) is 9.84. The van der Waals surface area contributed by atoms with Gasteiger partial charge in [0.25, 0.3) is 5.91 Å². The van der Waals surface area contributed by atoms with Crippen LogP contribution < -0.4 is 5.73 Å². The summed E-state index contributed by atoms with van der Waals surface area (Å²) >= 11 is 0. The van der Waals surface area contributed by atoms with Crippen LogP contribution in [0.3, 0.4) is 0 Å². The highest BCUT2D eigenvalue weighted by molar-refractivity contribution is 6.00. The number of rotatable bonds is 2. The van der Waals surface area contributed by atoms with Crippen LogP contribution in [0.25, 0.3) is 6.08 Å². The minimum absolute atomic E-state index is 0.0400. The average molecular weight is 175 g/mol. The first-order valence-corrected chi connectivity index (χ1v) is 3.68. The summed E-state index contributed by atoms with van der Waals surface area (Å²) < 4.78 is 1.79. The fourth-order valence-corrected chi connectivity index (χ4v) is 0.931. The second kappa shape index (κ2) is 3.59. The highest BCUT2D eigenvalue weighted by Crippen LogP contribution is 2.05. The Kier molecular flexibility index (Phi) is 2.50. The van der Waals surface area contributed by atoms with E-state index >= 15 is 0 Å². The molecule has 0 fully saturated rings. The Hall–Kier alpha value is -2.02. The number of aromatic nitrogens is 1. The van der Waals surface area contributed by atoms with E-state index in [0.29, 0.717) is 0 Å². The molecule has 0 saturated carbocycles. The lowest BCUT2D eigenvalue weighted by molar-refractivity contribution is -0.114. The Balaban J connectivity index is 3.07. The molecule has 0 saturated heterocycles. The summed E-state index contributed by atoms with van der Waals surface area (Å²) in [6, 6.07) is 5.35. The molecule has 0 unspecified atom stereocenters. The molecule has 0 aliphatic rings. The van der Waals surface area contributed by atoms with Crippen LogP contribution in [0, 0.1) is 11.3 Å². The van der Waals surface area contributed by atoms with Crippen LogP contribution in [0.5, 0.6) is 0 Å². The zero-order valence-electron chi connectivity index (χ0n) is 7.19. The summed E-state index contributed by atoms with van der Waals surface area (Å²) in [4.78, 5) is 10.7. The van der Waals surface area contributed by atoms with Crippen molar-refractivity contribution in [2.24, 2.45) is 12.8 Å². The normalized spacial score (nSPS) is 10.9. The fourth-order valence-electron chi connectivity index (χ4n) is 0.931. The number of nitrogens with two attached hydrogens (primary N) is 1. The van der Waals surface area contributed by atoms with Gasteiger partial charge in [-0.25, -0.2) is 0 Å². The summed E-state index contributed by atoms with van der Waals surface area (Å²) in [6.45, 7) is 0. The number of aryl methyl sites for hydroxylation is 1. The molecule has 1 amide bonds. The maximum Gasteiger partial charge on any atom is 0.259 e. The van der Waals surface area contributed by atoms with Crippen LogP contribution in [-0.4, -0.2) is 10.5 Å². The van der Waals surface area contributed by atoms with Gasteiger partial charge in [-0.2, -0.15) is 5.26 Å². The van der Waals surface area contributed by atoms with Gasteiger partial charge in [-0.05, 0) is 18.2 Å². The van der Waals surface area contributed by atoms with Crippen LogP contribution >= 0.6 is 0 Å². The number of primary amides is 1. The maximum atomic E-state index is 10.7. The molecule has 0 spiro atoms. The minimum Gasteiger partial charge on any atom is -0.365 e. The van der Waals surface area contributed by atoms with E-state index in [-0.39, 0.29) is 5.57 Å². The third-order valence-electron chi connectivity index (χ3n) is 1.66. The van der Waals surface area contributed by atoms with E-state index in [1.807, 2.05) is 19.3 Å². The molecule has 66 valence electrons. The summed E-state index contributed by atoms with van der Waals surface area (Å²) in [5.74, 6) is -0.705. The van der Waals surface area contributed by atoms with Gasteiger partial charge in [-0.3, -0.25) is 4.79 Å². The number of amides is 1. The van der Waals surface area contributed by atoms with Gasteiger partial charge in [0.2, 0.25) is 0 Å². The highest BCUT2D eigenvalue weighted by Gasteiger charge is 2.03. The molecule has 13 heavy (non-hydrogen) atoms. The fraction of sp³-hybridized carbons (Fsp3) is 0.111. The number of carbonyl (C=O) groups is 1. The monoisotopic (exact) mass is 175 g/mol. The molecule has 1 aromatic rings. The molecule has 1 aromatic heterocycles. The van der Waals surface area contributed by atoms with E-state index in [4.69, 9.17) is 11.0 Å². The Morgan fingerprint density at radius 2 is 2.46 bits per heavy atom. The van der Waals surface area contributed by atoms with Crippen molar-refractivity contribution in [2.45, 2.75) is 0 Å². The predicted molar refractivity (Wildman–Crippen MR) is 48.2 cm³/mol. The number of hydrogen-bond donors (Lipinski definition) is 1. The number of nitrogens with zero attached hydrogens (tertiary/aromatic N) is 2. The lowest BCUT2D eigenvalue weighted by atomic mass is 10.2. The Morgan fingerprint density at radius 1 is 1.77 bits per heavy atom. The number of nitriles is 1. The summed E-state index contributed by atoms with van der Waals surface area (Å²) in [5, 5.41) is 8.56. The van der Waals surface area contributed by atoms with Gasteiger partial charge in [0.1, 0.15) is 11.6 Å². The zero-order valence-corrected chi connectivity index (χ0v) is 7.19. The Morgan fingerprint density at radius 3 is 2.85 bits per heavy atom. The van der Waals surface area contributed by atoms with Crippen molar-refractivity contribution >= 4 is 12.0 Å². The van der Waals surface area contributed by atoms with Gasteiger partial charge in [0.15, 0.2) is 0 Å². The van der Waals surface area contributed by atoms with Crippen molar-refractivity contribution < 1.29 is 4.79 Å². The molecule has 4 nitrogen and oxygen atoms in total. The third-order valence-corrected chi connectivity index (χ3v) is 1.66. The van der Waals surface area contributed by atoms with Crippen LogP contribution in [0.15, 0.2) is 23.9 Å². The molecule has 0 aromatic carbocycles. The van der Waals surface area contributed by atoms with Crippen LogP contribution in [-0.2, 0) is 11.8 Å². The van der Waals surface area contributed by atoms with Crippen molar-refractivity contribution in [3.8, 4) is 6.07 Å². The van der Waals surface area contributed by atoms with Crippen molar-refractivity contribution in [1.29, 1.82) is 5.26 Å². The van der Waals surface area contributed by atoms with E-state index in [2.05, 4.69) is 0 Å². The lowest BCUT2D eigenvalue weighted by Crippen LogP contribution is -2.12. The molecule has 1 heterocycles. The van der Waals surface area contributed by atoms with Crippen molar-refractivity contribution in [3.05, 3.63) is 29.6 Å². The Labute approximate surface area is 75.9 Å². The Bertz CT molecular complexity index is 395. The molecular formula is C9H9N3O. The van der Waals surface area contributed by atoms with Crippen LogP contribution in [0.1, 0.15) is 5.69 Å². The van der Waals surface area contributed by atoms with Gasteiger partial charge in [-0.15, -0.1) is 0 Å². The number of carbonyl (C=O) groups excluding carboxylic acids is 1.